The molecule has 34 heavy (non-hydrogen) atoms. The normalized spacial score (nSPS) is 19.1. The first-order valence-electron chi connectivity index (χ1n) is 11.8. The first-order chi connectivity index (χ1) is 16.4. The van der Waals surface area contributed by atoms with Gasteiger partial charge < -0.3 is 15.7 Å². The zero-order chi connectivity index (χ0) is 24.0. The number of halogens is 3. The van der Waals surface area contributed by atoms with Crippen molar-refractivity contribution < 1.29 is 5.11 Å². The summed E-state index contributed by atoms with van der Waals surface area (Å²) in [5.41, 5.74) is 3.28. The van der Waals surface area contributed by atoms with Gasteiger partial charge in [0, 0.05) is 19.4 Å². The van der Waals surface area contributed by atoms with E-state index in [2.05, 4.69) is 78.9 Å². The van der Waals surface area contributed by atoms with Crippen LogP contribution in [0.5, 0.6) is 0 Å². The third-order valence-corrected chi connectivity index (χ3v) is 8.37. The standard InChI is InChI=1S/C17H17BrClN.C11H14BrNO/c18-15-5-1-13(2-6-15)17(9-11-20-12-10-17)14-3-7-16(19)8-4-14;12-10-3-1-9(2-4-10)11(14)5-7-13-8-6-11/h1-8,20H,9-12H2;1-4,13-14H,5-8H2. The highest BCUT2D eigenvalue weighted by molar-refractivity contribution is 9.10. The van der Waals surface area contributed by atoms with E-state index in [1.165, 1.54) is 11.1 Å². The summed E-state index contributed by atoms with van der Waals surface area (Å²) >= 11 is 13.0. The van der Waals surface area contributed by atoms with Gasteiger partial charge in [-0.05, 0) is 105 Å². The largest absolute Gasteiger partial charge is 0.385 e. The SMILES string of the molecule is Clc1ccc(C2(c3ccc(Br)cc3)CCNCC2)cc1.OC1(c2ccc(Br)cc2)CCNCC1. The van der Waals surface area contributed by atoms with Crippen LogP contribution in [0.4, 0.5) is 0 Å². The molecular weight excluding hydrogens is 576 g/mol. The van der Waals surface area contributed by atoms with Crippen molar-refractivity contribution in [3.05, 3.63) is 103 Å². The summed E-state index contributed by atoms with van der Waals surface area (Å²) < 4.78 is 2.18. The first kappa shape index (κ1) is 25.9. The highest BCUT2D eigenvalue weighted by atomic mass is 79.9. The molecule has 2 heterocycles. The zero-order valence-electron chi connectivity index (χ0n) is 19.2. The van der Waals surface area contributed by atoms with Crippen LogP contribution in [0.3, 0.4) is 0 Å². The van der Waals surface area contributed by atoms with E-state index in [9.17, 15) is 5.11 Å². The molecule has 3 aromatic rings. The van der Waals surface area contributed by atoms with Crippen molar-refractivity contribution >= 4 is 43.5 Å². The molecule has 0 saturated carbocycles. The van der Waals surface area contributed by atoms with Gasteiger partial charge in [0.05, 0.1) is 5.60 Å². The lowest BCUT2D eigenvalue weighted by Crippen LogP contribution is -2.40. The molecule has 0 spiro atoms. The Morgan fingerprint density at radius 1 is 0.588 bits per heavy atom. The maximum atomic E-state index is 10.4. The van der Waals surface area contributed by atoms with E-state index < -0.39 is 5.60 Å². The molecular formula is C28H31Br2ClN2O. The Balaban J connectivity index is 0.000000172. The van der Waals surface area contributed by atoms with Crippen molar-refractivity contribution in [1.29, 1.82) is 0 Å². The number of hydrogen-bond acceptors (Lipinski definition) is 3. The highest BCUT2D eigenvalue weighted by Gasteiger charge is 2.35. The van der Waals surface area contributed by atoms with E-state index in [0.717, 1.165) is 71.4 Å². The summed E-state index contributed by atoms with van der Waals surface area (Å²) in [5, 5.41) is 17.9. The van der Waals surface area contributed by atoms with E-state index in [-0.39, 0.29) is 5.41 Å². The van der Waals surface area contributed by atoms with Crippen LogP contribution in [0.2, 0.25) is 5.02 Å². The summed E-state index contributed by atoms with van der Waals surface area (Å²) in [6.07, 6.45) is 3.84. The molecule has 3 N–H and O–H groups in total. The molecule has 2 fully saturated rings. The molecule has 0 aromatic heterocycles. The molecule has 2 aliphatic heterocycles. The van der Waals surface area contributed by atoms with Gasteiger partial charge >= 0.3 is 0 Å². The van der Waals surface area contributed by atoms with Gasteiger partial charge in [0.1, 0.15) is 0 Å². The molecule has 5 rings (SSSR count). The van der Waals surface area contributed by atoms with Crippen LogP contribution in [0, 0.1) is 0 Å². The molecule has 180 valence electrons. The van der Waals surface area contributed by atoms with Gasteiger partial charge in [-0.25, -0.2) is 0 Å². The summed E-state index contributed by atoms with van der Waals surface area (Å²) in [5.74, 6) is 0. The minimum atomic E-state index is -0.619. The van der Waals surface area contributed by atoms with Crippen LogP contribution >= 0.6 is 43.5 Å². The molecule has 0 radical (unpaired) electrons. The van der Waals surface area contributed by atoms with Gasteiger partial charge in [-0.1, -0.05) is 79.9 Å². The summed E-state index contributed by atoms with van der Waals surface area (Å²) in [4.78, 5) is 0. The minimum absolute atomic E-state index is 0.108. The number of nitrogens with one attached hydrogen (secondary N) is 2. The van der Waals surface area contributed by atoms with Crippen molar-refractivity contribution in [2.24, 2.45) is 0 Å². The third-order valence-electron chi connectivity index (χ3n) is 7.06. The van der Waals surface area contributed by atoms with E-state index in [1.54, 1.807) is 0 Å². The summed E-state index contributed by atoms with van der Waals surface area (Å²) in [6, 6.07) is 25.1. The number of rotatable bonds is 3. The van der Waals surface area contributed by atoms with Gasteiger partial charge in [-0.2, -0.15) is 0 Å². The quantitative estimate of drug-likeness (QED) is 0.308. The first-order valence-corrected chi connectivity index (χ1v) is 13.8. The van der Waals surface area contributed by atoms with Crippen molar-refractivity contribution in [3.8, 4) is 0 Å². The molecule has 0 aliphatic carbocycles. The number of benzene rings is 3. The summed E-state index contributed by atoms with van der Waals surface area (Å²) in [7, 11) is 0. The Morgan fingerprint density at radius 2 is 0.971 bits per heavy atom. The Morgan fingerprint density at radius 3 is 1.44 bits per heavy atom. The van der Waals surface area contributed by atoms with E-state index in [1.807, 2.05) is 36.4 Å². The minimum Gasteiger partial charge on any atom is -0.385 e. The fraction of sp³-hybridized carbons (Fsp3) is 0.357. The van der Waals surface area contributed by atoms with Crippen LogP contribution < -0.4 is 10.6 Å². The van der Waals surface area contributed by atoms with Crippen LogP contribution in [0.25, 0.3) is 0 Å². The Hall–Kier alpha value is -1.21. The molecule has 3 nitrogen and oxygen atoms in total. The second-order valence-electron chi connectivity index (χ2n) is 9.13. The van der Waals surface area contributed by atoms with E-state index in [4.69, 9.17) is 11.6 Å². The van der Waals surface area contributed by atoms with Gasteiger partial charge in [-0.3, -0.25) is 0 Å². The second-order valence-corrected chi connectivity index (χ2v) is 11.4. The zero-order valence-corrected chi connectivity index (χ0v) is 23.1. The van der Waals surface area contributed by atoms with Crippen molar-refractivity contribution in [3.63, 3.8) is 0 Å². The van der Waals surface area contributed by atoms with Crippen LogP contribution in [0.1, 0.15) is 42.4 Å². The monoisotopic (exact) mass is 604 g/mol. The number of hydrogen-bond donors (Lipinski definition) is 3. The third kappa shape index (κ3) is 6.13. The van der Waals surface area contributed by atoms with Crippen LogP contribution in [-0.2, 0) is 11.0 Å². The maximum absolute atomic E-state index is 10.4. The fourth-order valence-electron chi connectivity index (χ4n) is 5.02. The molecule has 0 bridgehead atoms. The smallest absolute Gasteiger partial charge is 0.0920 e. The fourth-order valence-corrected chi connectivity index (χ4v) is 5.68. The molecule has 6 heteroatoms. The molecule has 0 unspecified atom stereocenters. The van der Waals surface area contributed by atoms with Crippen LogP contribution in [0.15, 0.2) is 81.7 Å². The Labute approximate surface area is 224 Å². The molecule has 0 atom stereocenters. The van der Waals surface area contributed by atoms with Gasteiger partial charge in [0.25, 0.3) is 0 Å². The van der Waals surface area contributed by atoms with Gasteiger partial charge in [-0.15, -0.1) is 0 Å². The van der Waals surface area contributed by atoms with Crippen molar-refractivity contribution in [2.75, 3.05) is 26.2 Å². The topological polar surface area (TPSA) is 44.3 Å². The number of aliphatic hydroxyl groups is 1. The lowest BCUT2D eigenvalue weighted by atomic mass is 9.68. The summed E-state index contributed by atoms with van der Waals surface area (Å²) in [6.45, 7) is 3.90. The van der Waals surface area contributed by atoms with Crippen molar-refractivity contribution in [1.82, 2.24) is 10.6 Å². The maximum Gasteiger partial charge on any atom is 0.0920 e. The predicted octanol–water partition coefficient (Wildman–Crippen LogP) is 6.79. The van der Waals surface area contributed by atoms with E-state index >= 15 is 0 Å². The lowest BCUT2D eigenvalue weighted by molar-refractivity contribution is 0.00593. The van der Waals surface area contributed by atoms with Gasteiger partial charge in [0.15, 0.2) is 0 Å². The highest BCUT2D eigenvalue weighted by Crippen LogP contribution is 2.41. The molecule has 3 aromatic carbocycles. The van der Waals surface area contributed by atoms with E-state index in [0.29, 0.717) is 0 Å². The van der Waals surface area contributed by atoms with Crippen LogP contribution in [-0.4, -0.2) is 31.3 Å². The number of piperidine rings is 2. The van der Waals surface area contributed by atoms with Crippen molar-refractivity contribution in [2.45, 2.75) is 36.7 Å². The average molecular weight is 607 g/mol. The average Bonchev–Trinajstić information content (AvgIpc) is 2.86. The molecule has 2 saturated heterocycles. The molecule has 0 amide bonds. The predicted molar refractivity (Wildman–Crippen MR) is 149 cm³/mol. The van der Waals surface area contributed by atoms with Gasteiger partial charge in [0.2, 0.25) is 0 Å². The Bertz CT molecular complexity index is 996. The Kier molecular flexibility index (Phi) is 8.89. The second kappa shape index (κ2) is 11.7. The molecule has 2 aliphatic rings. The lowest BCUT2D eigenvalue weighted by Gasteiger charge is -2.39.